The summed E-state index contributed by atoms with van der Waals surface area (Å²) in [5.41, 5.74) is 3.57. The van der Waals surface area contributed by atoms with Crippen LogP contribution in [0.2, 0.25) is 5.02 Å². The molecule has 2 amide bonds. The van der Waals surface area contributed by atoms with E-state index in [1.165, 1.54) is 13.1 Å². The molecule has 7 nitrogen and oxygen atoms in total. The van der Waals surface area contributed by atoms with Crippen LogP contribution in [0, 0.1) is 6.92 Å². The van der Waals surface area contributed by atoms with Crippen LogP contribution in [0.1, 0.15) is 45.0 Å². The molecule has 0 aliphatic carbocycles. The molecule has 1 heterocycles. The van der Waals surface area contributed by atoms with Crippen molar-refractivity contribution in [1.82, 2.24) is 5.43 Å². The quantitative estimate of drug-likeness (QED) is 0.324. The largest absolute Gasteiger partial charge is 0.462 e. The number of hydrazone groups is 1. The topological polar surface area (TPSA) is 96.9 Å². The molecule has 142 valence electrons. The number of rotatable bonds is 6. The third-order valence-electron chi connectivity index (χ3n) is 3.45. The van der Waals surface area contributed by atoms with Gasteiger partial charge in [-0.15, -0.1) is 11.3 Å². The van der Waals surface area contributed by atoms with Crippen molar-refractivity contribution >= 4 is 51.9 Å². The molecule has 1 aromatic carbocycles. The van der Waals surface area contributed by atoms with E-state index in [1.54, 1.807) is 38.1 Å². The SMILES string of the molecule is CCOC(=O)c1c(NC(=O)N/N=C/c2ccccc2Cl)sc(C(C)=O)c1C. The predicted octanol–water partition coefficient (Wildman–Crippen LogP) is 4.24. The van der Waals surface area contributed by atoms with Gasteiger partial charge in [-0.3, -0.25) is 10.1 Å². The second kappa shape index (κ2) is 9.29. The molecule has 1 aromatic heterocycles. The third-order valence-corrected chi connectivity index (χ3v) is 5.10. The highest BCUT2D eigenvalue weighted by Crippen LogP contribution is 2.34. The van der Waals surface area contributed by atoms with Crippen LogP contribution in [-0.2, 0) is 4.74 Å². The van der Waals surface area contributed by atoms with Gasteiger partial charge in [0.05, 0.1) is 23.3 Å². The summed E-state index contributed by atoms with van der Waals surface area (Å²) in [4.78, 5) is 36.4. The fourth-order valence-electron chi connectivity index (χ4n) is 2.26. The van der Waals surface area contributed by atoms with Gasteiger partial charge in [0.15, 0.2) is 5.78 Å². The van der Waals surface area contributed by atoms with E-state index >= 15 is 0 Å². The normalized spacial score (nSPS) is 10.7. The van der Waals surface area contributed by atoms with Crippen molar-refractivity contribution in [3.63, 3.8) is 0 Å². The predicted molar refractivity (Wildman–Crippen MR) is 106 cm³/mol. The van der Waals surface area contributed by atoms with Crippen LogP contribution >= 0.6 is 22.9 Å². The molecule has 0 bridgehead atoms. The zero-order valence-corrected chi connectivity index (χ0v) is 16.5. The van der Waals surface area contributed by atoms with E-state index in [9.17, 15) is 14.4 Å². The lowest BCUT2D eigenvalue weighted by molar-refractivity contribution is 0.0527. The summed E-state index contributed by atoms with van der Waals surface area (Å²) >= 11 is 7.02. The second-order valence-corrected chi connectivity index (χ2v) is 6.81. The number of Topliss-reactive ketones (excluding diaryl/α,β-unsaturated/α-hetero) is 1. The Morgan fingerprint density at radius 1 is 1.30 bits per heavy atom. The Morgan fingerprint density at radius 3 is 2.63 bits per heavy atom. The van der Waals surface area contributed by atoms with Crippen LogP contribution in [0.5, 0.6) is 0 Å². The number of benzene rings is 1. The van der Waals surface area contributed by atoms with Crippen molar-refractivity contribution in [3.8, 4) is 0 Å². The summed E-state index contributed by atoms with van der Waals surface area (Å²) in [7, 11) is 0. The Morgan fingerprint density at radius 2 is 2.00 bits per heavy atom. The second-order valence-electron chi connectivity index (χ2n) is 5.38. The molecule has 0 fully saturated rings. The number of carbonyl (C=O) groups excluding carboxylic acids is 3. The lowest BCUT2D eigenvalue weighted by atomic mass is 10.1. The summed E-state index contributed by atoms with van der Waals surface area (Å²) in [6.07, 6.45) is 1.40. The monoisotopic (exact) mass is 407 g/mol. The van der Waals surface area contributed by atoms with Crippen LogP contribution in [0.15, 0.2) is 29.4 Å². The number of urea groups is 1. The van der Waals surface area contributed by atoms with Crippen LogP contribution in [0.4, 0.5) is 9.80 Å². The maximum Gasteiger partial charge on any atom is 0.341 e. The Bertz CT molecular complexity index is 908. The molecule has 0 atom stereocenters. The summed E-state index contributed by atoms with van der Waals surface area (Å²) in [6, 6.07) is 6.34. The number of nitrogens with one attached hydrogen (secondary N) is 2. The van der Waals surface area contributed by atoms with Gasteiger partial charge in [-0.25, -0.2) is 15.0 Å². The molecule has 0 spiro atoms. The maximum absolute atomic E-state index is 12.2. The zero-order valence-electron chi connectivity index (χ0n) is 15.0. The molecule has 2 rings (SSSR count). The fraction of sp³-hybridized carbons (Fsp3) is 0.222. The lowest BCUT2D eigenvalue weighted by Crippen LogP contribution is -2.24. The number of hydrogen-bond donors (Lipinski definition) is 2. The molecule has 0 aliphatic heterocycles. The molecular formula is C18H18ClN3O4S. The molecule has 0 saturated heterocycles. The number of nitrogens with zero attached hydrogens (tertiary/aromatic N) is 1. The van der Waals surface area contributed by atoms with E-state index in [4.69, 9.17) is 16.3 Å². The van der Waals surface area contributed by atoms with E-state index in [0.717, 1.165) is 11.3 Å². The van der Waals surface area contributed by atoms with Crippen LogP contribution < -0.4 is 10.7 Å². The molecule has 0 aliphatic rings. The zero-order chi connectivity index (χ0) is 20.0. The van der Waals surface area contributed by atoms with Gasteiger partial charge in [0.2, 0.25) is 0 Å². The fourth-order valence-corrected chi connectivity index (χ4v) is 3.53. The minimum absolute atomic E-state index is 0.164. The average Bonchev–Trinajstić information content (AvgIpc) is 2.93. The van der Waals surface area contributed by atoms with E-state index < -0.39 is 12.0 Å². The number of anilines is 1. The van der Waals surface area contributed by atoms with Gasteiger partial charge in [0.25, 0.3) is 0 Å². The number of halogens is 1. The summed E-state index contributed by atoms with van der Waals surface area (Å²) in [6.45, 7) is 4.88. The van der Waals surface area contributed by atoms with E-state index in [0.29, 0.717) is 21.0 Å². The highest BCUT2D eigenvalue weighted by Gasteiger charge is 2.25. The number of amides is 2. The Kier molecular flexibility index (Phi) is 7.09. The van der Waals surface area contributed by atoms with Crippen molar-refractivity contribution in [2.24, 2.45) is 5.10 Å². The van der Waals surface area contributed by atoms with E-state index in [1.807, 2.05) is 0 Å². The van der Waals surface area contributed by atoms with Gasteiger partial charge in [-0.2, -0.15) is 5.10 Å². The summed E-state index contributed by atoms with van der Waals surface area (Å²) < 4.78 is 5.02. The highest BCUT2D eigenvalue weighted by molar-refractivity contribution is 7.18. The van der Waals surface area contributed by atoms with Crippen molar-refractivity contribution in [2.45, 2.75) is 20.8 Å². The van der Waals surface area contributed by atoms with Gasteiger partial charge < -0.3 is 4.74 Å². The van der Waals surface area contributed by atoms with Crippen LogP contribution in [0.25, 0.3) is 0 Å². The number of carbonyl (C=O) groups is 3. The lowest BCUT2D eigenvalue weighted by Gasteiger charge is -2.06. The number of thiophene rings is 1. The number of hydrogen-bond acceptors (Lipinski definition) is 6. The van der Waals surface area contributed by atoms with E-state index in [2.05, 4.69) is 15.8 Å². The molecule has 0 radical (unpaired) electrons. The van der Waals surface area contributed by atoms with Gasteiger partial charge in [-0.1, -0.05) is 29.8 Å². The summed E-state index contributed by atoms with van der Waals surface area (Å²) in [5, 5.41) is 7.08. The number of ether oxygens (including phenoxy) is 1. The first-order valence-electron chi connectivity index (χ1n) is 8.01. The first-order valence-corrected chi connectivity index (χ1v) is 9.20. The molecular weight excluding hydrogens is 390 g/mol. The van der Waals surface area contributed by atoms with Crippen LogP contribution in [0.3, 0.4) is 0 Å². The Balaban J connectivity index is 2.17. The number of ketones is 1. The molecule has 0 saturated carbocycles. The standard InChI is InChI=1S/C18H18ClN3O4S/c1-4-26-17(24)14-10(2)15(11(3)23)27-16(14)21-18(25)22-20-9-12-7-5-6-8-13(12)19/h5-9H,4H2,1-3H3,(H2,21,22,25)/b20-9+. The molecule has 2 aromatic rings. The first kappa shape index (κ1) is 20.6. The number of esters is 1. The minimum Gasteiger partial charge on any atom is -0.462 e. The van der Waals surface area contributed by atoms with Gasteiger partial charge in [0, 0.05) is 10.6 Å². The minimum atomic E-state index is -0.666. The van der Waals surface area contributed by atoms with Crippen molar-refractivity contribution < 1.29 is 19.1 Å². The Labute approximate surface area is 165 Å². The van der Waals surface area contributed by atoms with E-state index in [-0.39, 0.29) is 23.0 Å². The third kappa shape index (κ3) is 5.15. The van der Waals surface area contributed by atoms with Gasteiger partial charge in [-0.05, 0) is 32.4 Å². The molecule has 0 unspecified atom stereocenters. The molecule has 2 N–H and O–H groups in total. The Hall–Kier alpha value is -2.71. The summed E-state index contributed by atoms with van der Waals surface area (Å²) in [5.74, 6) is -0.804. The van der Waals surface area contributed by atoms with Crippen LogP contribution in [-0.4, -0.2) is 30.6 Å². The average molecular weight is 408 g/mol. The van der Waals surface area contributed by atoms with Crippen molar-refractivity contribution in [3.05, 3.63) is 50.9 Å². The first-order chi connectivity index (χ1) is 12.8. The maximum atomic E-state index is 12.2. The van der Waals surface area contributed by atoms with Gasteiger partial charge >= 0.3 is 12.0 Å². The smallest absolute Gasteiger partial charge is 0.341 e. The molecule has 9 heteroatoms. The van der Waals surface area contributed by atoms with Crippen molar-refractivity contribution in [1.29, 1.82) is 0 Å². The highest BCUT2D eigenvalue weighted by atomic mass is 35.5. The molecule has 27 heavy (non-hydrogen) atoms. The van der Waals surface area contributed by atoms with Gasteiger partial charge in [0.1, 0.15) is 5.00 Å². The van der Waals surface area contributed by atoms with Crippen molar-refractivity contribution in [2.75, 3.05) is 11.9 Å².